The van der Waals surface area contributed by atoms with E-state index in [0.29, 0.717) is 18.8 Å². The van der Waals surface area contributed by atoms with Gasteiger partial charge in [0.05, 0.1) is 13.2 Å². The summed E-state index contributed by atoms with van der Waals surface area (Å²) >= 11 is 0. The Hall–Kier alpha value is -2.94. The molecule has 8 nitrogen and oxygen atoms in total. The van der Waals surface area contributed by atoms with Crippen LogP contribution in [0.4, 0.5) is 10.1 Å². The van der Waals surface area contributed by atoms with E-state index in [-0.39, 0.29) is 37.9 Å². The molecule has 1 aliphatic carbocycles. The van der Waals surface area contributed by atoms with E-state index in [2.05, 4.69) is 42.0 Å². The van der Waals surface area contributed by atoms with Crippen molar-refractivity contribution in [3.8, 4) is 0 Å². The molecule has 2 amide bonds. The van der Waals surface area contributed by atoms with Crippen LogP contribution in [0.3, 0.4) is 0 Å². The summed E-state index contributed by atoms with van der Waals surface area (Å²) in [5.41, 5.74) is 4.21. The van der Waals surface area contributed by atoms with Crippen LogP contribution in [0.2, 0.25) is 0 Å². The summed E-state index contributed by atoms with van der Waals surface area (Å²) in [6, 6.07) is 6.33. The van der Waals surface area contributed by atoms with Gasteiger partial charge in [0.1, 0.15) is 6.54 Å². The van der Waals surface area contributed by atoms with Crippen molar-refractivity contribution < 1.29 is 19.1 Å². The maximum absolute atomic E-state index is 14.5. The number of aliphatic hydroxyl groups excluding tert-OH is 1. The molecule has 1 N–H and O–H groups in total. The molecule has 35 heavy (non-hydrogen) atoms. The van der Waals surface area contributed by atoms with E-state index >= 15 is 0 Å². The van der Waals surface area contributed by atoms with E-state index in [9.17, 15) is 19.1 Å². The molecule has 5 rings (SSSR count). The summed E-state index contributed by atoms with van der Waals surface area (Å²) in [4.78, 5) is 32.0. The highest BCUT2D eigenvalue weighted by Crippen LogP contribution is 2.30. The van der Waals surface area contributed by atoms with Crippen LogP contribution in [0.15, 0.2) is 18.2 Å². The predicted octanol–water partition coefficient (Wildman–Crippen LogP) is 1.88. The lowest BCUT2D eigenvalue weighted by atomic mass is 10.1. The van der Waals surface area contributed by atoms with Crippen molar-refractivity contribution in [2.45, 2.75) is 51.7 Å². The van der Waals surface area contributed by atoms with E-state index in [1.54, 1.807) is 4.68 Å². The summed E-state index contributed by atoms with van der Waals surface area (Å²) in [5.74, 6) is -0.296. The zero-order valence-electron chi connectivity index (χ0n) is 20.6. The Labute approximate surface area is 205 Å². The molecule has 0 spiro atoms. The molecule has 2 aromatic rings. The zero-order valence-corrected chi connectivity index (χ0v) is 20.6. The first-order valence-corrected chi connectivity index (χ1v) is 12.6. The zero-order chi connectivity index (χ0) is 24.7. The predicted molar refractivity (Wildman–Crippen MR) is 130 cm³/mol. The van der Waals surface area contributed by atoms with Crippen LogP contribution in [0.5, 0.6) is 0 Å². The van der Waals surface area contributed by atoms with Crippen LogP contribution in [-0.2, 0) is 24.2 Å². The molecular weight excluding hydrogens is 449 g/mol. The third-order valence-electron chi connectivity index (χ3n) is 7.92. The standard InChI is InChI=1S/C26H34FN5O3/c1-18-5-3-7-21(19(18)2)29-11-13-30(14-12-29)23(34)15-32-22-8-4-6-20(22)24(28-32)25(35)31-10-9-26(27,16-31)17-33/h3,5,7,33H,4,6,8-17H2,1-2H3. The highest BCUT2D eigenvalue weighted by atomic mass is 19.1. The number of halogens is 1. The van der Waals surface area contributed by atoms with Crippen LogP contribution in [0.1, 0.15) is 45.7 Å². The fourth-order valence-corrected chi connectivity index (χ4v) is 5.60. The van der Waals surface area contributed by atoms with Gasteiger partial charge in [-0.3, -0.25) is 14.3 Å². The van der Waals surface area contributed by atoms with Gasteiger partial charge in [-0.2, -0.15) is 5.10 Å². The van der Waals surface area contributed by atoms with E-state index < -0.39 is 12.3 Å². The Kier molecular flexibility index (Phi) is 6.29. The molecule has 0 saturated carbocycles. The summed E-state index contributed by atoms with van der Waals surface area (Å²) in [6.45, 7) is 6.78. The Morgan fingerprint density at radius 1 is 1.09 bits per heavy atom. The van der Waals surface area contributed by atoms with Gasteiger partial charge >= 0.3 is 0 Å². The lowest BCUT2D eigenvalue weighted by molar-refractivity contribution is -0.132. The maximum atomic E-state index is 14.5. The molecular formula is C26H34FN5O3. The number of hydrogen-bond acceptors (Lipinski definition) is 5. The third kappa shape index (κ3) is 4.42. The minimum absolute atomic E-state index is 0.00559. The molecule has 3 aliphatic rings. The number of aromatic nitrogens is 2. The molecule has 2 aliphatic heterocycles. The number of aliphatic hydroxyl groups is 1. The van der Waals surface area contributed by atoms with Gasteiger partial charge in [0.25, 0.3) is 5.91 Å². The second-order valence-corrected chi connectivity index (χ2v) is 10.2. The lowest BCUT2D eigenvalue weighted by Gasteiger charge is -2.37. The van der Waals surface area contributed by atoms with Crippen LogP contribution >= 0.6 is 0 Å². The summed E-state index contributed by atoms with van der Waals surface area (Å²) in [6.07, 6.45) is 2.57. The minimum atomic E-state index is -1.74. The first-order valence-electron chi connectivity index (χ1n) is 12.6. The normalized spacial score (nSPS) is 22.1. The van der Waals surface area contributed by atoms with Gasteiger partial charge in [-0.1, -0.05) is 12.1 Å². The van der Waals surface area contributed by atoms with Crippen molar-refractivity contribution in [2.75, 3.05) is 50.8 Å². The first-order chi connectivity index (χ1) is 16.8. The number of piperazine rings is 1. The van der Waals surface area contributed by atoms with Crippen LogP contribution in [0, 0.1) is 13.8 Å². The fraction of sp³-hybridized carbons (Fsp3) is 0.577. The Morgan fingerprint density at radius 2 is 1.86 bits per heavy atom. The largest absolute Gasteiger partial charge is 0.393 e. The second kappa shape index (κ2) is 9.26. The van der Waals surface area contributed by atoms with Crippen molar-refractivity contribution in [3.63, 3.8) is 0 Å². The molecule has 1 aromatic heterocycles. The molecule has 188 valence electrons. The van der Waals surface area contributed by atoms with E-state index in [0.717, 1.165) is 43.6 Å². The van der Waals surface area contributed by atoms with Crippen molar-refractivity contribution >= 4 is 17.5 Å². The average molecular weight is 484 g/mol. The Morgan fingerprint density at radius 3 is 2.57 bits per heavy atom. The van der Waals surface area contributed by atoms with Crippen LogP contribution in [0.25, 0.3) is 0 Å². The molecule has 9 heteroatoms. The second-order valence-electron chi connectivity index (χ2n) is 10.2. The molecule has 0 bridgehead atoms. The smallest absolute Gasteiger partial charge is 0.274 e. The quantitative estimate of drug-likeness (QED) is 0.703. The molecule has 2 fully saturated rings. The van der Waals surface area contributed by atoms with Gasteiger partial charge in [0, 0.05) is 56.1 Å². The third-order valence-corrected chi connectivity index (χ3v) is 7.92. The maximum Gasteiger partial charge on any atom is 0.274 e. The van der Waals surface area contributed by atoms with E-state index in [4.69, 9.17) is 0 Å². The van der Waals surface area contributed by atoms with E-state index in [1.807, 2.05) is 4.90 Å². The molecule has 0 radical (unpaired) electrons. The molecule has 1 aromatic carbocycles. The molecule has 2 saturated heterocycles. The highest BCUT2D eigenvalue weighted by molar-refractivity contribution is 5.94. The number of nitrogens with zero attached hydrogens (tertiary/aromatic N) is 5. The number of hydrogen-bond donors (Lipinski definition) is 1. The Bertz CT molecular complexity index is 1140. The van der Waals surface area contributed by atoms with Crippen LogP contribution in [-0.4, -0.2) is 88.0 Å². The average Bonchev–Trinajstić information content (AvgIpc) is 3.58. The van der Waals surface area contributed by atoms with Gasteiger partial charge < -0.3 is 19.8 Å². The van der Waals surface area contributed by atoms with Crippen molar-refractivity contribution in [3.05, 3.63) is 46.3 Å². The van der Waals surface area contributed by atoms with Crippen LogP contribution < -0.4 is 4.90 Å². The number of amides is 2. The monoisotopic (exact) mass is 483 g/mol. The highest BCUT2D eigenvalue weighted by Gasteiger charge is 2.41. The minimum Gasteiger partial charge on any atom is -0.393 e. The van der Waals surface area contributed by atoms with Gasteiger partial charge in [0.15, 0.2) is 11.4 Å². The van der Waals surface area contributed by atoms with Crippen molar-refractivity contribution in [2.24, 2.45) is 0 Å². The number of fused-ring (bicyclic) bond motifs is 1. The summed E-state index contributed by atoms with van der Waals surface area (Å²) < 4.78 is 16.2. The molecule has 3 heterocycles. The van der Waals surface area contributed by atoms with Gasteiger partial charge in [-0.25, -0.2) is 4.39 Å². The number of rotatable bonds is 5. The number of benzene rings is 1. The number of carbonyl (C=O) groups excluding carboxylic acids is 2. The number of anilines is 1. The molecule has 1 unspecified atom stereocenters. The number of carbonyl (C=O) groups is 2. The first kappa shape index (κ1) is 23.8. The fourth-order valence-electron chi connectivity index (χ4n) is 5.60. The number of alkyl halides is 1. The van der Waals surface area contributed by atoms with E-state index in [1.165, 1.54) is 21.7 Å². The topological polar surface area (TPSA) is 81.9 Å². The van der Waals surface area contributed by atoms with Gasteiger partial charge in [0.2, 0.25) is 5.91 Å². The van der Waals surface area contributed by atoms with Crippen molar-refractivity contribution in [1.82, 2.24) is 19.6 Å². The Balaban J connectivity index is 1.25. The number of aryl methyl sites for hydroxylation is 1. The number of likely N-dealkylation sites (tertiary alicyclic amines) is 1. The van der Waals surface area contributed by atoms with Crippen molar-refractivity contribution in [1.29, 1.82) is 0 Å². The summed E-state index contributed by atoms with van der Waals surface area (Å²) in [5, 5.41) is 13.9. The summed E-state index contributed by atoms with van der Waals surface area (Å²) in [7, 11) is 0. The lowest BCUT2D eigenvalue weighted by Crippen LogP contribution is -2.50. The SMILES string of the molecule is Cc1cccc(N2CCN(C(=O)Cn3nc(C(=O)N4CCC(F)(CO)C4)c4c3CCC4)CC2)c1C. The van der Waals surface area contributed by atoms with Gasteiger partial charge in [-0.15, -0.1) is 0 Å². The molecule has 1 atom stereocenters. The van der Waals surface area contributed by atoms with Gasteiger partial charge in [-0.05, 0) is 50.3 Å².